The van der Waals surface area contributed by atoms with Crippen LogP contribution in [0.2, 0.25) is 0 Å². The van der Waals surface area contributed by atoms with Gasteiger partial charge in [0.1, 0.15) is 5.82 Å². The summed E-state index contributed by atoms with van der Waals surface area (Å²) in [6.07, 6.45) is 0.368. The molecule has 2 aromatic carbocycles. The van der Waals surface area contributed by atoms with E-state index in [2.05, 4.69) is 5.32 Å². The molecule has 1 aliphatic rings. The van der Waals surface area contributed by atoms with E-state index in [4.69, 9.17) is 0 Å². The largest absolute Gasteiger partial charge is 0.326 e. The summed E-state index contributed by atoms with van der Waals surface area (Å²) >= 11 is 0. The lowest BCUT2D eigenvalue weighted by Crippen LogP contribution is -2.26. The van der Waals surface area contributed by atoms with Crippen LogP contribution < -0.4 is 10.2 Å². The molecule has 154 valence electrons. The van der Waals surface area contributed by atoms with Crippen molar-refractivity contribution in [1.29, 1.82) is 0 Å². The number of hydrogen-bond acceptors (Lipinski definition) is 4. The minimum absolute atomic E-state index is 0.0829. The average molecular weight is 418 g/mol. The molecular formula is C21H23FN2O4S. The van der Waals surface area contributed by atoms with Gasteiger partial charge in [0.15, 0.2) is 9.84 Å². The molecule has 0 spiro atoms. The van der Waals surface area contributed by atoms with Crippen LogP contribution in [0.5, 0.6) is 0 Å². The fourth-order valence-electron chi connectivity index (χ4n) is 3.45. The Morgan fingerprint density at radius 3 is 2.59 bits per heavy atom. The van der Waals surface area contributed by atoms with E-state index in [1.807, 2.05) is 0 Å². The number of rotatable bonds is 5. The van der Waals surface area contributed by atoms with Gasteiger partial charge in [0.25, 0.3) is 0 Å². The molecular weight excluding hydrogens is 395 g/mol. The first-order chi connectivity index (χ1) is 13.6. The molecule has 8 heteroatoms. The van der Waals surface area contributed by atoms with Gasteiger partial charge < -0.3 is 10.2 Å². The van der Waals surface area contributed by atoms with E-state index in [1.54, 1.807) is 24.0 Å². The van der Waals surface area contributed by atoms with E-state index < -0.39 is 26.8 Å². The lowest BCUT2D eigenvalue weighted by molar-refractivity contribution is -0.117. The van der Waals surface area contributed by atoms with Gasteiger partial charge >= 0.3 is 0 Å². The SMILES string of the molecule is CC(=O)N1CCc2cc(S(=O)(=O)C(C)CC(=O)Nc3ccc(F)cc3C)ccc21. The second kappa shape index (κ2) is 7.94. The zero-order valence-electron chi connectivity index (χ0n) is 16.5. The zero-order valence-corrected chi connectivity index (χ0v) is 17.3. The van der Waals surface area contributed by atoms with Crippen LogP contribution in [0.15, 0.2) is 41.3 Å². The Labute approximate surface area is 169 Å². The number of fused-ring (bicyclic) bond motifs is 1. The van der Waals surface area contributed by atoms with Crippen molar-refractivity contribution in [2.75, 3.05) is 16.8 Å². The number of amides is 2. The molecule has 1 aliphatic heterocycles. The first-order valence-corrected chi connectivity index (χ1v) is 10.8. The highest BCUT2D eigenvalue weighted by Crippen LogP contribution is 2.31. The fourth-order valence-corrected chi connectivity index (χ4v) is 4.85. The molecule has 0 aliphatic carbocycles. The zero-order chi connectivity index (χ0) is 21.3. The number of carbonyl (C=O) groups is 2. The summed E-state index contributed by atoms with van der Waals surface area (Å²) in [6.45, 7) is 5.15. The molecule has 1 unspecified atom stereocenters. The van der Waals surface area contributed by atoms with Crippen molar-refractivity contribution in [1.82, 2.24) is 0 Å². The van der Waals surface area contributed by atoms with Gasteiger partial charge in [-0.25, -0.2) is 12.8 Å². The van der Waals surface area contributed by atoms with Crippen molar-refractivity contribution in [3.05, 3.63) is 53.3 Å². The highest BCUT2D eigenvalue weighted by atomic mass is 32.2. The third kappa shape index (κ3) is 4.32. The average Bonchev–Trinajstić information content (AvgIpc) is 3.07. The molecule has 3 rings (SSSR count). The monoisotopic (exact) mass is 418 g/mol. The Morgan fingerprint density at radius 2 is 1.93 bits per heavy atom. The number of nitrogens with zero attached hydrogens (tertiary/aromatic N) is 1. The van der Waals surface area contributed by atoms with Crippen LogP contribution in [0, 0.1) is 12.7 Å². The summed E-state index contributed by atoms with van der Waals surface area (Å²) in [5, 5.41) is 1.70. The van der Waals surface area contributed by atoms with Crippen molar-refractivity contribution < 1.29 is 22.4 Å². The Bertz CT molecular complexity index is 1080. The highest BCUT2D eigenvalue weighted by Gasteiger charge is 2.29. The van der Waals surface area contributed by atoms with E-state index in [0.29, 0.717) is 24.2 Å². The van der Waals surface area contributed by atoms with Crippen molar-refractivity contribution >= 4 is 33.0 Å². The summed E-state index contributed by atoms with van der Waals surface area (Å²) in [5.74, 6) is -0.948. The third-order valence-electron chi connectivity index (χ3n) is 5.12. The highest BCUT2D eigenvalue weighted by molar-refractivity contribution is 7.92. The molecule has 0 saturated carbocycles. The van der Waals surface area contributed by atoms with Crippen LogP contribution in [0.25, 0.3) is 0 Å². The maximum absolute atomic E-state index is 13.2. The molecule has 0 saturated heterocycles. The minimum atomic E-state index is -3.73. The molecule has 6 nitrogen and oxygen atoms in total. The number of sulfone groups is 1. The molecule has 0 bridgehead atoms. The Kier molecular flexibility index (Phi) is 5.75. The van der Waals surface area contributed by atoms with Crippen molar-refractivity contribution in [3.63, 3.8) is 0 Å². The number of benzene rings is 2. The third-order valence-corrected chi connectivity index (χ3v) is 7.26. The molecule has 29 heavy (non-hydrogen) atoms. The van der Waals surface area contributed by atoms with Crippen molar-refractivity contribution in [2.24, 2.45) is 0 Å². The van der Waals surface area contributed by atoms with Gasteiger partial charge in [-0.3, -0.25) is 9.59 Å². The fraction of sp³-hybridized carbons (Fsp3) is 0.333. The second-order valence-corrected chi connectivity index (χ2v) is 9.64. The lowest BCUT2D eigenvalue weighted by Gasteiger charge is -2.17. The number of halogens is 1. The summed E-state index contributed by atoms with van der Waals surface area (Å²) < 4.78 is 39.1. The van der Waals surface area contributed by atoms with Gasteiger partial charge in [0.05, 0.1) is 10.1 Å². The van der Waals surface area contributed by atoms with Gasteiger partial charge in [-0.15, -0.1) is 0 Å². The molecule has 0 fully saturated rings. The summed E-state index contributed by atoms with van der Waals surface area (Å²) in [6, 6.07) is 8.69. The van der Waals surface area contributed by atoms with Crippen LogP contribution in [-0.4, -0.2) is 32.0 Å². The molecule has 0 aromatic heterocycles. The first kappa shape index (κ1) is 21.0. The van der Waals surface area contributed by atoms with E-state index in [-0.39, 0.29) is 17.2 Å². The van der Waals surface area contributed by atoms with Crippen LogP contribution >= 0.6 is 0 Å². The maximum Gasteiger partial charge on any atom is 0.225 e. The number of nitrogens with one attached hydrogen (secondary N) is 1. The quantitative estimate of drug-likeness (QED) is 0.808. The predicted octanol–water partition coefficient (Wildman–Crippen LogP) is 3.23. The second-order valence-electron chi connectivity index (χ2n) is 7.28. The normalized spacial score (nSPS) is 14.4. The Morgan fingerprint density at radius 1 is 1.21 bits per heavy atom. The lowest BCUT2D eigenvalue weighted by atomic mass is 10.2. The van der Waals surface area contributed by atoms with Gasteiger partial charge in [-0.1, -0.05) is 0 Å². The van der Waals surface area contributed by atoms with E-state index in [0.717, 1.165) is 11.3 Å². The first-order valence-electron chi connectivity index (χ1n) is 9.30. The van der Waals surface area contributed by atoms with Gasteiger partial charge in [0.2, 0.25) is 11.8 Å². The molecule has 2 aromatic rings. The van der Waals surface area contributed by atoms with Crippen molar-refractivity contribution in [3.8, 4) is 0 Å². The van der Waals surface area contributed by atoms with E-state index in [9.17, 15) is 22.4 Å². The van der Waals surface area contributed by atoms with Crippen LogP contribution in [-0.2, 0) is 25.8 Å². The van der Waals surface area contributed by atoms with Gasteiger partial charge in [0, 0.05) is 31.3 Å². The number of aryl methyl sites for hydroxylation is 1. The summed E-state index contributed by atoms with van der Waals surface area (Å²) in [5.41, 5.74) is 2.54. The molecule has 0 radical (unpaired) electrons. The maximum atomic E-state index is 13.2. The van der Waals surface area contributed by atoms with Crippen molar-refractivity contribution in [2.45, 2.75) is 43.8 Å². The predicted molar refractivity (Wildman–Crippen MR) is 109 cm³/mol. The smallest absolute Gasteiger partial charge is 0.225 e. The molecule has 2 amide bonds. The summed E-state index contributed by atoms with van der Waals surface area (Å²) in [7, 11) is -3.73. The molecule has 1 heterocycles. The number of carbonyl (C=O) groups excluding carboxylic acids is 2. The standard InChI is InChI=1S/C21H23FN2O4S/c1-13-10-17(22)4-6-19(13)23-21(26)11-14(2)29(27,28)18-5-7-20-16(12-18)8-9-24(20)15(3)25/h4-7,10,12,14H,8-9,11H2,1-3H3,(H,23,26). The van der Waals surface area contributed by atoms with Crippen LogP contribution in [0.3, 0.4) is 0 Å². The van der Waals surface area contributed by atoms with E-state index in [1.165, 1.54) is 38.1 Å². The Hall–Kier alpha value is -2.74. The van der Waals surface area contributed by atoms with Crippen LogP contribution in [0.1, 0.15) is 31.4 Å². The van der Waals surface area contributed by atoms with Gasteiger partial charge in [-0.2, -0.15) is 0 Å². The minimum Gasteiger partial charge on any atom is -0.326 e. The summed E-state index contributed by atoms with van der Waals surface area (Å²) in [4.78, 5) is 25.7. The number of anilines is 2. The Balaban J connectivity index is 1.74. The topological polar surface area (TPSA) is 83.6 Å². The van der Waals surface area contributed by atoms with Gasteiger partial charge in [-0.05, 0) is 67.8 Å². The molecule has 1 atom stereocenters. The van der Waals surface area contributed by atoms with E-state index >= 15 is 0 Å². The van der Waals surface area contributed by atoms with Crippen LogP contribution in [0.4, 0.5) is 15.8 Å². The number of hydrogen-bond donors (Lipinski definition) is 1. The molecule has 1 N–H and O–H groups in total.